The van der Waals surface area contributed by atoms with E-state index in [1.807, 2.05) is 12.1 Å². The number of hydrogen-bond acceptors (Lipinski definition) is 4. The predicted octanol–water partition coefficient (Wildman–Crippen LogP) is 2.05. The van der Waals surface area contributed by atoms with Crippen LogP contribution in [0, 0.1) is 0 Å². The monoisotopic (exact) mass is 340 g/mol. The smallest absolute Gasteiger partial charge is 0.319 e. The zero-order valence-electron chi connectivity index (χ0n) is 14.0. The van der Waals surface area contributed by atoms with Crippen LogP contribution in [0.2, 0.25) is 0 Å². The molecule has 2 N–H and O–H groups in total. The number of hydrogen-bond donors (Lipinski definition) is 2. The van der Waals surface area contributed by atoms with Crippen molar-refractivity contribution in [1.82, 2.24) is 10.3 Å². The standard InChI is InChI=1S/C18H20N4O3/c1-25-10-8-20-18(24)21-15-4-5-16-13(11-15)6-9-22(16)17(23)14-3-2-7-19-12-14/h2-5,7,11-12H,6,8-10H2,1H3,(H2,20,21,24). The average Bonchev–Trinajstić information content (AvgIpc) is 3.05. The number of pyridine rings is 1. The van der Waals surface area contributed by atoms with Gasteiger partial charge in [-0.2, -0.15) is 0 Å². The molecule has 0 saturated heterocycles. The number of nitrogens with zero attached hydrogens (tertiary/aromatic N) is 2. The van der Waals surface area contributed by atoms with Crippen LogP contribution < -0.4 is 15.5 Å². The fourth-order valence-corrected chi connectivity index (χ4v) is 2.78. The molecular weight excluding hydrogens is 320 g/mol. The number of carbonyl (C=O) groups is 2. The summed E-state index contributed by atoms with van der Waals surface area (Å²) in [7, 11) is 1.58. The van der Waals surface area contributed by atoms with Crippen molar-refractivity contribution >= 4 is 23.3 Å². The molecule has 0 saturated carbocycles. The lowest BCUT2D eigenvalue weighted by atomic mass is 10.1. The molecule has 130 valence electrons. The molecule has 2 aromatic rings. The summed E-state index contributed by atoms with van der Waals surface area (Å²) in [6.45, 7) is 1.52. The van der Waals surface area contributed by atoms with Crippen LogP contribution >= 0.6 is 0 Å². The van der Waals surface area contributed by atoms with Crippen LogP contribution in [0.3, 0.4) is 0 Å². The van der Waals surface area contributed by atoms with Gasteiger partial charge in [0.2, 0.25) is 0 Å². The largest absolute Gasteiger partial charge is 0.383 e. The molecule has 1 aliphatic heterocycles. The van der Waals surface area contributed by atoms with Crippen molar-refractivity contribution in [3.05, 3.63) is 53.9 Å². The molecule has 3 amide bonds. The fraction of sp³-hybridized carbons (Fsp3) is 0.278. The van der Waals surface area contributed by atoms with E-state index in [1.165, 1.54) is 0 Å². The molecule has 0 aliphatic carbocycles. The predicted molar refractivity (Wildman–Crippen MR) is 95.0 cm³/mol. The molecular formula is C18H20N4O3. The lowest BCUT2D eigenvalue weighted by Crippen LogP contribution is -2.31. The zero-order valence-corrected chi connectivity index (χ0v) is 14.0. The number of fused-ring (bicyclic) bond motifs is 1. The second-order valence-electron chi connectivity index (χ2n) is 5.67. The highest BCUT2D eigenvalue weighted by molar-refractivity contribution is 6.07. The van der Waals surface area contributed by atoms with Crippen LogP contribution in [0.4, 0.5) is 16.2 Å². The molecule has 25 heavy (non-hydrogen) atoms. The normalized spacial score (nSPS) is 12.6. The number of nitrogens with one attached hydrogen (secondary N) is 2. The molecule has 0 atom stereocenters. The van der Waals surface area contributed by atoms with Gasteiger partial charge in [-0.3, -0.25) is 9.78 Å². The van der Waals surface area contributed by atoms with Gasteiger partial charge in [0.25, 0.3) is 5.91 Å². The highest BCUT2D eigenvalue weighted by atomic mass is 16.5. The van der Waals surface area contributed by atoms with Gasteiger partial charge >= 0.3 is 6.03 Å². The third-order valence-corrected chi connectivity index (χ3v) is 3.98. The van der Waals surface area contributed by atoms with Crippen LogP contribution in [-0.2, 0) is 11.2 Å². The van der Waals surface area contributed by atoms with E-state index in [2.05, 4.69) is 15.6 Å². The molecule has 7 heteroatoms. The van der Waals surface area contributed by atoms with Crippen LogP contribution in [-0.4, -0.2) is 43.7 Å². The number of rotatable bonds is 5. The third-order valence-electron chi connectivity index (χ3n) is 3.98. The molecule has 1 aromatic heterocycles. The molecule has 1 aliphatic rings. The van der Waals surface area contributed by atoms with E-state index in [0.29, 0.717) is 30.9 Å². The molecule has 3 rings (SSSR count). The van der Waals surface area contributed by atoms with Crippen LogP contribution in [0.1, 0.15) is 15.9 Å². The van der Waals surface area contributed by atoms with Gasteiger partial charge in [-0.25, -0.2) is 4.79 Å². The van der Waals surface area contributed by atoms with E-state index in [1.54, 1.807) is 42.6 Å². The van der Waals surface area contributed by atoms with Gasteiger partial charge in [0.1, 0.15) is 0 Å². The quantitative estimate of drug-likeness (QED) is 0.816. The Labute approximate surface area is 146 Å². The number of anilines is 2. The maximum Gasteiger partial charge on any atom is 0.319 e. The van der Waals surface area contributed by atoms with Crippen molar-refractivity contribution in [2.45, 2.75) is 6.42 Å². The van der Waals surface area contributed by atoms with Crippen molar-refractivity contribution < 1.29 is 14.3 Å². The lowest BCUT2D eigenvalue weighted by molar-refractivity contribution is 0.0989. The molecule has 0 radical (unpaired) electrons. The fourth-order valence-electron chi connectivity index (χ4n) is 2.78. The molecule has 0 bridgehead atoms. The summed E-state index contributed by atoms with van der Waals surface area (Å²) in [6, 6.07) is 8.79. The Kier molecular flexibility index (Phi) is 5.25. The van der Waals surface area contributed by atoms with E-state index < -0.39 is 0 Å². The molecule has 0 unspecified atom stereocenters. The first kappa shape index (κ1) is 16.9. The number of amides is 3. The molecule has 7 nitrogen and oxygen atoms in total. The Balaban J connectivity index is 1.68. The third kappa shape index (κ3) is 3.95. The van der Waals surface area contributed by atoms with Crippen molar-refractivity contribution in [2.75, 3.05) is 37.0 Å². The summed E-state index contributed by atoms with van der Waals surface area (Å²) in [4.78, 5) is 30.2. The minimum absolute atomic E-state index is 0.0649. The summed E-state index contributed by atoms with van der Waals surface area (Å²) in [5.41, 5.74) is 3.17. The summed E-state index contributed by atoms with van der Waals surface area (Å²) >= 11 is 0. The molecule has 2 heterocycles. The maximum absolute atomic E-state index is 12.6. The first-order valence-corrected chi connectivity index (χ1v) is 8.07. The minimum atomic E-state index is -0.279. The highest BCUT2D eigenvalue weighted by Crippen LogP contribution is 2.31. The number of carbonyl (C=O) groups excluding carboxylic acids is 2. The van der Waals surface area contributed by atoms with E-state index >= 15 is 0 Å². The Morgan fingerprint density at radius 2 is 2.20 bits per heavy atom. The summed E-state index contributed by atoms with van der Waals surface area (Å²) in [5, 5.41) is 5.49. The van der Waals surface area contributed by atoms with E-state index in [4.69, 9.17) is 4.74 Å². The Morgan fingerprint density at radius 3 is 2.96 bits per heavy atom. The Hall–Kier alpha value is -2.93. The maximum atomic E-state index is 12.6. The SMILES string of the molecule is COCCNC(=O)Nc1ccc2c(c1)CCN2C(=O)c1cccnc1. The second-order valence-corrected chi connectivity index (χ2v) is 5.67. The zero-order chi connectivity index (χ0) is 17.6. The number of benzene rings is 1. The first-order valence-electron chi connectivity index (χ1n) is 8.07. The van der Waals surface area contributed by atoms with Gasteiger partial charge in [-0.15, -0.1) is 0 Å². The molecule has 0 spiro atoms. The summed E-state index contributed by atoms with van der Waals surface area (Å²) < 4.78 is 4.89. The van der Waals surface area contributed by atoms with E-state index in [0.717, 1.165) is 17.7 Å². The molecule has 1 aromatic carbocycles. The van der Waals surface area contributed by atoms with Gasteiger partial charge in [0.05, 0.1) is 12.2 Å². The van der Waals surface area contributed by atoms with Crippen molar-refractivity contribution in [1.29, 1.82) is 0 Å². The number of methoxy groups -OCH3 is 1. The second kappa shape index (κ2) is 7.76. The lowest BCUT2D eigenvalue weighted by Gasteiger charge is -2.17. The van der Waals surface area contributed by atoms with Crippen molar-refractivity contribution in [2.24, 2.45) is 0 Å². The van der Waals surface area contributed by atoms with E-state index in [-0.39, 0.29) is 11.9 Å². The number of ether oxygens (including phenoxy) is 1. The minimum Gasteiger partial charge on any atom is -0.383 e. The van der Waals surface area contributed by atoms with Gasteiger partial charge in [0, 0.05) is 44.0 Å². The highest BCUT2D eigenvalue weighted by Gasteiger charge is 2.25. The number of aromatic nitrogens is 1. The first-order chi connectivity index (χ1) is 12.2. The molecule has 0 fully saturated rings. The van der Waals surface area contributed by atoms with Crippen LogP contribution in [0.15, 0.2) is 42.7 Å². The average molecular weight is 340 g/mol. The Morgan fingerprint density at radius 1 is 1.32 bits per heavy atom. The van der Waals surface area contributed by atoms with Gasteiger partial charge in [-0.05, 0) is 42.3 Å². The van der Waals surface area contributed by atoms with Gasteiger partial charge < -0.3 is 20.3 Å². The van der Waals surface area contributed by atoms with Crippen LogP contribution in [0.25, 0.3) is 0 Å². The Bertz CT molecular complexity index is 764. The summed E-state index contributed by atoms with van der Waals surface area (Å²) in [5.74, 6) is -0.0649. The number of urea groups is 1. The van der Waals surface area contributed by atoms with E-state index in [9.17, 15) is 9.59 Å². The summed E-state index contributed by atoms with van der Waals surface area (Å²) in [6.07, 6.45) is 3.97. The topological polar surface area (TPSA) is 83.6 Å². The van der Waals surface area contributed by atoms with Gasteiger partial charge in [-0.1, -0.05) is 0 Å². The van der Waals surface area contributed by atoms with Crippen LogP contribution in [0.5, 0.6) is 0 Å². The van der Waals surface area contributed by atoms with Crippen molar-refractivity contribution in [3.8, 4) is 0 Å². The van der Waals surface area contributed by atoms with Crippen molar-refractivity contribution in [3.63, 3.8) is 0 Å². The van der Waals surface area contributed by atoms with Gasteiger partial charge in [0.15, 0.2) is 0 Å².